The molecule has 0 bridgehead atoms. The standard InChI is InChI=1S/C12H11N3O2/c1-9-7-11(17-14-9)12-13-4-5-15(12)8-10-3-2-6-16-10/h2-7H,8H2,1H3. The lowest BCUT2D eigenvalue weighted by Crippen LogP contribution is -1.99. The van der Waals surface area contributed by atoms with E-state index in [4.69, 9.17) is 8.94 Å². The lowest BCUT2D eigenvalue weighted by molar-refractivity contribution is 0.421. The molecule has 0 aliphatic rings. The van der Waals surface area contributed by atoms with Gasteiger partial charge >= 0.3 is 0 Å². The first-order valence-electron chi connectivity index (χ1n) is 5.30. The fraction of sp³-hybridized carbons (Fsp3) is 0.167. The van der Waals surface area contributed by atoms with Crippen LogP contribution < -0.4 is 0 Å². The van der Waals surface area contributed by atoms with Crippen LogP contribution in [0.2, 0.25) is 0 Å². The average molecular weight is 229 g/mol. The summed E-state index contributed by atoms with van der Waals surface area (Å²) in [5, 5.41) is 3.86. The SMILES string of the molecule is Cc1cc(-c2nccn2Cc2ccco2)on1. The minimum Gasteiger partial charge on any atom is -0.467 e. The summed E-state index contributed by atoms with van der Waals surface area (Å²) in [5.74, 6) is 2.29. The summed E-state index contributed by atoms with van der Waals surface area (Å²) < 4.78 is 12.5. The number of aryl methyl sites for hydroxylation is 1. The van der Waals surface area contributed by atoms with E-state index in [0.29, 0.717) is 12.3 Å². The molecule has 3 aromatic heterocycles. The van der Waals surface area contributed by atoms with Gasteiger partial charge in [0.25, 0.3) is 0 Å². The van der Waals surface area contributed by atoms with Crippen LogP contribution in [-0.4, -0.2) is 14.7 Å². The number of rotatable bonds is 3. The van der Waals surface area contributed by atoms with E-state index < -0.39 is 0 Å². The smallest absolute Gasteiger partial charge is 0.202 e. The molecule has 17 heavy (non-hydrogen) atoms. The zero-order chi connectivity index (χ0) is 11.7. The fourth-order valence-electron chi connectivity index (χ4n) is 1.70. The fourth-order valence-corrected chi connectivity index (χ4v) is 1.70. The molecule has 3 aromatic rings. The largest absolute Gasteiger partial charge is 0.467 e. The van der Waals surface area contributed by atoms with E-state index in [0.717, 1.165) is 17.3 Å². The van der Waals surface area contributed by atoms with E-state index in [1.165, 1.54) is 0 Å². The van der Waals surface area contributed by atoms with Gasteiger partial charge in [-0.2, -0.15) is 0 Å². The monoisotopic (exact) mass is 229 g/mol. The molecule has 0 atom stereocenters. The number of hydrogen-bond acceptors (Lipinski definition) is 4. The number of imidazole rings is 1. The van der Waals surface area contributed by atoms with Crippen LogP contribution in [0.4, 0.5) is 0 Å². The summed E-state index contributed by atoms with van der Waals surface area (Å²) in [6.45, 7) is 2.51. The first kappa shape index (κ1) is 9.89. The van der Waals surface area contributed by atoms with E-state index in [-0.39, 0.29) is 0 Å². The Labute approximate surface area is 97.7 Å². The van der Waals surface area contributed by atoms with Gasteiger partial charge in [-0.15, -0.1) is 0 Å². The van der Waals surface area contributed by atoms with Crippen molar-refractivity contribution in [2.45, 2.75) is 13.5 Å². The number of aromatic nitrogens is 3. The molecule has 0 spiro atoms. The molecule has 0 N–H and O–H groups in total. The zero-order valence-electron chi connectivity index (χ0n) is 9.33. The van der Waals surface area contributed by atoms with Crippen LogP contribution in [0, 0.1) is 6.92 Å². The maximum atomic E-state index is 5.31. The third kappa shape index (κ3) is 1.87. The first-order chi connectivity index (χ1) is 8.33. The van der Waals surface area contributed by atoms with Crippen molar-refractivity contribution in [2.75, 3.05) is 0 Å². The highest BCUT2D eigenvalue weighted by Gasteiger charge is 2.11. The van der Waals surface area contributed by atoms with Gasteiger partial charge in [-0.25, -0.2) is 4.98 Å². The molecule has 0 saturated carbocycles. The van der Waals surface area contributed by atoms with E-state index in [9.17, 15) is 0 Å². The van der Waals surface area contributed by atoms with Gasteiger partial charge in [-0.3, -0.25) is 0 Å². The molecule has 3 rings (SSSR count). The number of nitrogens with zero attached hydrogens (tertiary/aromatic N) is 3. The highest BCUT2D eigenvalue weighted by molar-refractivity contribution is 5.47. The second-order valence-electron chi connectivity index (χ2n) is 3.79. The van der Waals surface area contributed by atoms with E-state index in [1.807, 2.05) is 35.9 Å². The third-order valence-electron chi connectivity index (χ3n) is 2.47. The van der Waals surface area contributed by atoms with Crippen molar-refractivity contribution in [1.82, 2.24) is 14.7 Å². The molecule has 86 valence electrons. The summed E-state index contributed by atoms with van der Waals surface area (Å²) in [5.41, 5.74) is 0.840. The van der Waals surface area contributed by atoms with Crippen LogP contribution in [0.1, 0.15) is 11.5 Å². The van der Waals surface area contributed by atoms with Crippen molar-refractivity contribution < 1.29 is 8.94 Å². The van der Waals surface area contributed by atoms with Crippen molar-refractivity contribution >= 4 is 0 Å². The molecule has 3 heterocycles. The molecule has 0 aliphatic heterocycles. The van der Waals surface area contributed by atoms with Crippen LogP contribution >= 0.6 is 0 Å². The van der Waals surface area contributed by atoms with Crippen molar-refractivity contribution in [2.24, 2.45) is 0 Å². The predicted molar refractivity (Wildman–Crippen MR) is 60.3 cm³/mol. The van der Waals surface area contributed by atoms with Crippen LogP contribution in [0.5, 0.6) is 0 Å². The molecule has 0 fully saturated rings. The van der Waals surface area contributed by atoms with Gasteiger partial charge in [0.2, 0.25) is 5.76 Å². The van der Waals surface area contributed by atoms with Gasteiger partial charge in [-0.1, -0.05) is 5.16 Å². The Morgan fingerprint density at radius 1 is 1.41 bits per heavy atom. The molecule has 0 saturated heterocycles. The number of hydrogen-bond donors (Lipinski definition) is 0. The number of furan rings is 1. The Morgan fingerprint density at radius 3 is 3.06 bits per heavy atom. The minimum atomic E-state index is 0.627. The molecular formula is C12H11N3O2. The predicted octanol–water partition coefficient (Wildman–Crippen LogP) is 2.49. The van der Waals surface area contributed by atoms with E-state index in [2.05, 4.69) is 10.1 Å². The second-order valence-corrected chi connectivity index (χ2v) is 3.79. The van der Waals surface area contributed by atoms with Crippen LogP contribution in [0.3, 0.4) is 0 Å². The highest BCUT2D eigenvalue weighted by Crippen LogP contribution is 2.19. The molecule has 0 unspecified atom stereocenters. The quantitative estimate of drug-likeness (QED) is 0.692. The highest BCUT2D eigenvalue weighted by atomic mass is 16.5. The molecule has 0 amide bonds. The molecule has 0 radical (unpaired) electrons. The lowest BCUT2D eigenvalue weighted by atomic mass is 10.3. The summed E-state index contributed by atoms with van der Waals surface area (Å²) in [4.78, 5) is 4.27. The Bertz CT molecular complexity index is 607. The van der Waals surface area contributed by atoms with E-state index in [1.54, 1.807) is 12.5 Å². The Kier molecular flexibility index (Phi) is 2.29. The molecule has 5 heteroatoms. The van der Waals surface area contributed by atoms with Crippen molar-refractivity contribution in [3.05, 3.63) is 48.3 Å². The van der Waals surface area contributed by atoms with Crippen molar-refractivity contribution in [3.8, 4) is 11.6 Å². The first-order valence-corrected chi connectivity index (χ1v) is 5.30. The maximum Gasteiger partial charge on any atom is 0.202 e. The Balaban J connectivity index is 1.94. The van der Waals surface area contributed by atoms with Crippen LogP contribution in [0.25, 0.3) is 11.6 Å². The van der Waals surface area contributed by atoms with Gasteiger partial charge in [0, 0.05) is 18.5 Å². The Morgan fingerprint density at radius 2 is 2.35 bits per heavy atom. The summed E-state index contributed by atoms with van der Waals surface area (Å²) in [6.07, 6.45) is 5.27. The summed E-state index contributed by atoms with van der Waals surface area (Å²) in [7, 11) is 0. The normalized spacial score (nSPS) is 10.9. The average Bonchev–Trinajstić information content (AvgIpc) is 2.99. The molecule has 0 aliphatic carbocycles. The van der Waals surface area contributed by atoms with Gasteiger partial charge in [-0.05, 0) is 19.1 Å². The second kappa shape index (κ2) is 3.93. The van der Waals surface area contributed by atoms with Crippen molar-refractivity contribution in [3.63, 3.8) is 0 Å². The zero-order valence-corrected chi connectivity index (χ0v) is 9.33. The van der Waals surface area contributed by atoms with Crippen molar-refractivity contribution in [1.29, 1.82) is 0 Å². The third-order valence-corrected chi connectivity index (χ3v) is 2.47. The lowest BCUT2D eigenvalue weighted by Gasteiger charge is -2.02. The van der Waals surface area contributed by atoms with Gasteiger partial charge in [0.15, 0.2) is 5.82 Å². The van der Waals surface area contributed by atoms with Gasteiger partial charge in [0.1, 0.15) is 5.76 Å². The Hall–Kier alpha value is -2.30. The molecular weight excluding hydrogens is 218 g/mol. The summed E-state index contributed by atoms with van der Waals surface area (Å²) in [6, 6.07) is 5.65. The summed E-state index contributed by atoms with van der Waals surface area (Å²) >= 11 is 0. The van der Waals surface area contributed by atoms with Gasteiger partial charge in [0.05, 0.1) is 18.5 Å². The topological polar surface area (TPSA) is 57.0 Å². The van der Waals surface area contributed by atoms with E-state index >= 15 is 0 Å². The maximum absolute atomic E-state index is 5.31. The van der Waals surface area contributed by atoms with Gasteiger partial charge < -0.3 is 13.5 Å². The van der Waals surface area contributed by atoms with Crippen LogP contribution in [-0.2, 0) is 6.54 Å². The van der Waals surface area contributed by atoms with Crippen LogP contribution in [0.15, 0.2) is 45.8 Å². The molecule has 5 nitrogen and oxygen atoms in total. The minimum absolute atomic E-state index is 0.627. The molecule has 0 aromatic carbocycles.